The third-order valence-corrected chi connectivity index (χ3v) is 4.13. The van der Waals surface area contributed by atoms with Crippen molar-refractivity contribution in [1.82, 2.24) is 20.1 Å². The molecular formula is C18H30IN5O3. The molecule has 9 heteroatoms. The molecule has 8 nitrogen and oxygen atoms in total. The number of ether oxygens (including phenoxy) is 2. The zero-order chi connectivity index (χ0) is 18.8. The number of nitrogens with zero attached hydrogens (tertiary/aromatic N) is 4. The molecule has 0 spiro atoms. The highest BCUT2D eigenvalue weighted by molar-refractivity contribution is 14.0. The predicted octanol–water partition coefficient (Wildman–Crippen LogP) is 1.35. The molecule has 1 N–H and O–H groups in total. The quantitative estimate of drug-likeness (QED) is 0.269. The Hall–Kier alpha value is -1.62. The molecule has 2 heterocycles. The summed E-state index contributed by atoms with van der Waals surface area (Å²) in [5, 5.41) is 3.33. The van der Waals surface area contributed by atoms with Crippen molar-refractivity contribution >= 4 is 35.8 Å². The predicted molar refractivity (Wildman–Crippen MR) is 116 cm³/mol. The SMILES string of the molecule is CCNC(=NCc1cccnc1OCCOC)N1CCN(C(C)=O)CC1.I. The maximum absolute atomic E-state index is 11.5. The van der Waals surface area contributed by atoms with Crippen LogP contribution in [0.1, 0.15) is 19.4 Å². The number of aromatic nitrogens is 1. The lowest BCUT2D eigenvalue weighted by atomic mass is 10.2. The van der Waals surface area contributed by atoms with Crippen molar-refractivity contribution in [1.29, 1.82) is 0 Å². The van der Waals surface area contributed by atoms with Crippen LogP contribution in [-0.2, 0) is 16.1 Å². The molecule has 1 aliphatic heterocycles. The number of amides is 1. The molecule has 0 bridgehead atoms. The fourth-order valence-electron chi connectivity index (χ4n) is 2.72. The van der Waals surface area contributed by atoms with E-state index in [2.05, 4.69) is 15.2 Å². The number of nitrogens with one attached hydrogen (secondary N) is 1. The van der Waals surface area contributed by atoms with E-state index in [-0.39, 0.29) is 29.9 Å². The van der Waals surface area contributed by atoms with Gasteiger partial charge in [-0.25, -0.2) is 9.98 Å². The van der Waals surface area contributed by atoms with Gasteiger partial charge < -0.3 is 24.6 Å². The Morgan fingerprint density at radius 1 is 1.26 bits per heavy atom. The summed E-state index contributed by atoms with van der Waals surface area (Å²) >= 11 is 0. The Kier molecular flexibility index (Phi) is 11.0. The minimum absolute atomic E-state index is 0. The summed E-state index contributed by atoms with van der Waals surface area (Å²) in [5.41, 5.74) is 0.932. The number of aliphatic imine (C=N–C) groups is 1. The van der Waals surface area contributed by atoms with Crippen LogP contribution in [0.4, 0.5) is 0 Å². The van der Waals surface area contributed by atoms with Gasteiger partial charge in [0.05, 0.1) is 13.2 Å². The van der Waals surface area contributed by atoms with E-state index in [1.54, 1.807) is 20.2 Å². The molecule has 0 saturated carbocycles. The lowest BCUT2D eigenvalue weighted by molar-refractivity contribution is -0.130. The molecule has 1 amide bonds. The van der Waals surface area contributed by atoms with Gasteiger partial charge in [0.15, 0.2) is 5.96 Å². The van der Waals surface area contributed by atoms with Crippen LogP contribution in [0.25, 0.3) is 0 Å². The first-order valence-corrected chi connectivity index (χ1v) is 9.00. The van der Waals surface area contributed by atoms with E-state index < -0.39 is 0 Å². The highest BCUT2D eigenvalue weighted by Crippen LogP contribution is 2.15. The molecule has 152 valence electrons. The van der Waals surface area contributed by atoms with E-state index in [1.165, 1.54) is 0 Å². The third-order valence-electron chi connectivity index (χ3n) is 4.13. The van der Waals surface area contributed by atoms with Crippen molar-refractivity contribution in [2.24, 2.45) is 4.99 Å². The van der Waals surface area contributed by atoms with Crippen LogP contribution in [-0.4, -0.2) is 79.7 Å². The lowest BCUT2D eigenvalue weighted by Gasteiger charge is -2.36. The average Bonchev–Trinajstić information content (AvgIpc) is 2.66. The normalized spacial score (nSPS) is 14.6. The fourth-order valence-corrected chi connectivity index (χ4v) is 2.72. The van der Waals surface area contributed by atoms with Gasteiger partial charge in [-0.2, -0.15) is 0 Å². The zero-order valence-electron chi connectivity index (χ0n) is 16.3. The van der Waals surface area contributed by atoms with E-state index in [0.717, 1.165) is 44.2 Å². The average molecular weight is 491 g/mol. The zero-order valence-corrected chi connectivity index (χ0v) is 18.6. The van der Waals surface area contributed by atoms with Crippen LogP contribution in [0.3, 0.4) is 0 Å². The largest absolute Gasteiger partial charge is 0.475 e. The maximum Gasteiger partial charge on any atom is 0.219 e. The monoisotopic (exact) mass is 491 g/mol. The van der Waals surface area contributed by atoms with Gasteiger partial charge in [0.2, 0.25) is 11.8 Å². The Labute approximate surface area is 178 Å². The second kappa shape index (κ2) is 12.7. The van der Waals surface area contributed by atoms with Gasteiger partial charge in [-0.05, 0) is 13.0 Å². The van der Waals surface area contributed by atoms with Gasteiger partial charge in [0.1, 0.15) is 6.61 Å². The fraction of sp³-hybridized carbons (Fsp3) is 0.611. The van der Waals surface area contributed by atoms with E-state index in [9.17, 15) is 4.79 Å². The maximum atomic E-state index is 11.5. The topological polar surface area (TPSA) is 79.3 Å². The molecule has 1 aromatic heterocycles. The van der Waals surface area contributed by atoms with Gasteiger partial charge in [0, 0.05) is 58.5 Å². The van der Waals surface area contributed by atoms with Gasteiger partial charge in [-0.1, -0.05) is 6.07 Å². The van der Waals surface area contributed by atoms with E-state index in [1.807, 2.05) is 24.0 Å². The number of rotatable bonds is 7. The Morgan fingerprint density at radius 3 is 2.59 bits per heavy atom. The smallest absolute Gasteiger partial charge is 0.219 e. The summed E-state index contributed by atoms with van der Waals surface area (Å²) in [5.74, 6) is 1.56. The molecule has 0 radical (unpaired) electrons. The minimum atomic E-state index is 0. The van der Waals surface area contributed by atoms with Gasteiger partial charge in [-0.3, -0.25) is 4.79 Å². The first-order chi connectivity index (χ1) is 12.7. The minimum Gasteiger partial charge on any atom is -0.475 e. The van der Waals surface area contributed by atoms with Gasteiger partial charge >= 0.3 is 0 Å². The number of carbonyl (C=O) groups is 1. The van der Waals surface area contributed by atoms with Crippen LogP contribution in [0.2, 0.25) is 0 Å². The molecule has 1 aromatic rings. The molecule has 0 aromatic carbocycles. The first kappa shape index (κ1) is 23.4. The van der Waals surface area contributed by atoms with Crippen molar-refractivity contribution in [3.05, 3.63) is 23.9 Å². The molecule has 1 saturated heterocycles. The number of methoxy groups -OCH3 is 1. The Morgan fingerprint density at radius 2 is 1.96 bits per heavy atom. The number of piperazine rings is 1. The number of hydrogen-bond acceptors (Lipinski definition) is 5. The van der Waals surface area contributed by atoms with Crippen LogP contribution >= 0.6 is 24.0 Å². The summed E-state index contributed by atoms with van der Waals surface area (Å²) in [7, 11) is 1.64. The molecule has 0 atom stereocenters. The molecule has 1 fully saturated rings. The van der Waals surface area contributed by atoms with Crippen molar-refractivity contribution in [3.63, 3.8) is 0 Å². The molecule has 27 heavy (non-hydrogen) atoms. The van der Waals surface area contributed by atoms with Crippen LogP contribution in [0.5, 0.6) is 5.88 Å². The van der Waals surface area contributed by atoms with Crippen LogP contribution < -0.4 is 10.1 Å². The second-order valence-electron chi connectivity index (χ2n) is 5.97. The molecule has 0 unspecified atom stereocenters. The molecule has 0 aliphatic carbocycles. The van der Waals surface area contributed by atoms with Crippen molar-refractivity contribution in [2.75, 3.05) is 53.0 Å². The van der Waals surface area contributed by atoms with Crippen molar-refractivity contribution in [3.8, 4) is 5.88 Å². The summed E-state index contributed by atoms with van der Waals surface area (Å²) in [6.07, 6.45) is 1.71. The van der Waals surface area contributed by atoms with E-state index in [4.69, 9.17) is 14.5 Å². The van der Waals surface area contributed by atoms with Crippen LogP contribution in [0.15, 0.2) is 23.3 Å². The number of halogens is 1. The third kappa shape index (κ3) is 7.49. The summed E-state index contributed by atoms with van der Waals surface area (Å²) in [6.45, 7) is 8.88. The summed E-state index contributed by atoms with van der Waals surface area (Å²) in [4.78, 5) is 24.6. The standard InChI is InChI=1S/C18H29N5O3.HI/c1-4-19-18(23-10-8-22(9-11-23)15(2)24)21-14-16-6-5-7-20-17(16)26-13-12-25-3;/h5-7H,4,8-14H2,1-3H3,(H,19,21);1H. The number of pyridine rings is 1. The molecule has 1 aliphatic rings. The number of hydrogen-bond donors (Lipinski definition) is 1. The van der Waals surface area contributed by atoms with Gasteiger partial charge in [0.25, 0.3) is 0 Å². The summed E-state index contributed by atoms with van der Waals surface area (Å²) < 4.78 is 10.7. The second-order valence-corrected chi connectivity index (χ2v) is 5.97. The molecule has 2 rings (SSSR count). The number of guanidine groups is 1. The van der Waals surface area contributed by atoms with E-state index in [0.29, 0.717) is 25.6 Å². The lowest BCUT2D eigenvalue weighted by Crippen LogP contribution is -2.53. The first-order valence-electron chi connectivity index (χ1n) is 9.00. The highest BCUT2D eigenvalue weighted by Gasteiger charge is 2.20. The van der Waals surface area contributed by atoms with E-state index >= 15 is 0 Å². The van der Waals surface area contributed by atoms with Crippen molar-refractivity contribution < 1.29 is 14.3 Å². The Bertz CT molecular complexity index is 606. The van der Waals surface area contributed by atoms with Crippen LogP contribution in [0, 0.1) is 0 Å². The number of carbonyl (C=O) groups excluding carboxylic acids is 1. The Balaban J connectivity index is 0.00000364. The van der Waals surface area contributed by atoms with Crippen molar-refractivity contribution in [2.45, 2.75) is 20.4 Å². The van der Waals surface area contributed by atoms with Gasteiger partial charge in [-0.15, -0.1) is 24.0 Å². The summed E-state index contributed by atoms with van der Waals surface area (Å²) in [6, 6.07) is 3.85. The molecular weight excluding hydrogens is 461 g/mol. The highest BCUT2D eigenvalue weighted by atomic mass is 127.